The van der Waals surface area contributed by atoms with Gasteiger partial charge in [-0.15, -0.1) is 11.3 Å². The Morgan fingerprint density at radius 3 is 2.71 bits per heavy atom. The Hall–Kier alpha value is -3.20. The Morgan fingerprint density at radius 2 is 1.94 bits per heavy atom. The predicted molar refractivity (Wildman–Crippen MR) is 137 cm³/mol. The Balaban J connectivity index is 1.34. The predicted octanol–water partition coefficient (Wildman–Crippen LogP) is 5.97. The Kier molecular flexibility index (Phi) is 6.12. The average Bonchev–Trinajstić information content (AvgIpc) is 3.51. The fraction of sp³-hybridized carbons (Fsp3) is 0.167. The van der Waals surface area contributed by atoms with Gasteiger partial charge >= 0.3 is 0 Å². The summed E-state index contributed by atoms with van der Waals surface area (Å²) in [4.78, 5) is 18.5. The van der Waals surface area contributed by atoms with Gasteiger partial charge in [-0.25, -0.2) is 9.67 Å². The highest BCUT2D eigenvalue weighted by molar-refractivity contribution is 7.13. The van der Waals surface area contributed by atoms with E-state index in [1.54, 1.807) is 39.0 Å². The highest BCUT2D eigenvalue weighted by Gasteiger charge is 2.17. The molecule has 0 fully saturated rings. The summed E-state index contributed by atoms with van der Waals surface area (Å²) < 4.78 is 3.42. The van der Waals surface area contributed by atoms with E-state index in [0.29, 0.717) is 28.1 Å². The van der Waals surface area contributed by atoms with Crippen molar-refractivity contribution in [2.24, 2.45) is 0 Å². The number of amides is 1. The minimum atomic E-state index is -0.234. The summed E-state index contributed by atoms with van der Waals surface area (Å²) in [5.41, 5.74) is 4.36. The molecule has 0 aliphatic carbocycles. The van der Waals surface area contributed by atoms with Crippen molar-refractivity contribution in [1.82, 2.24) is 24.5 Å². The first kappa shape index (κ1) is 22.6. The number of halogens is 2. The number of thiophene rings is 1. The number of fused-ring (bicyclic) bond motifs is 1. The molecule has 0 spiro atoms. The molecule has 0 radical (unpaired) electrons. The van der Waals surface area contributed by atoms with Crippen LogP contribution >= 0.6 is 34.5 Å². The molecule has 0 saturated heterocycles. The first-order valence-corrected chi connectivity index (χ1v) is 12.2. The zero-order valence-electron chi connectivity index (χ0n) is 18.4. The first-order chi connectivity index (χ1) is 16.4. The second kappa shape index (κ2) is 9.21. The highest BCUT2D eigenvalue weighted by Crippen LogP contribution is 2.32. The third-order valence-electron chi connectivity index (χ3n) is 5.47. The number of pyridine rings is 1. The maximum absolute atomic E-state index is 12.8. The molecule has 0 bridgehead atoms. The van der Waals surface area contributed by atoms with Crippen LogP contribution in [-0.2, 0) is 17.9 Å². The molecule has 10 heteroatoms. The van der Waals surface area contributed by atoms with E-state index >= 15 is 0 Å². The molecular formula is C24H20Cl2N6OS. The normalized spacial score (nSPS) is 11.3. The van der Waals surface area contributed by atoms with Crippen molar-refractivity contribution in [1.29, 1.82) is 0 Å². The lowest BCUT2D eigenvalue weighted by Crippen LogP contribution is -2.20. The quantitative estimate of drug-likeness (QED) is 0.305. The van der Waals surface area contributed by atoms with Crippen molar-refractivity contribution in [2.45, 2.75) is 26.9 Å². The fourth-order valence-corrected chi connectivity index (χ4v) is 5.12. The number of nitrogens with zero attached hydrogens (tertiary/aromatic N) is 5. The number of rotatable bonds is 6. The van der Waals surface area contributed by atoms with Gasteiger partial charge in [-0.1, -0.05) is 35.3 Å². The topological polar surface area (TPSA) is 77.6 Å². The number of nitrogens with one attached hydrogen (secondary N) is 1. The van der Waals surface area contributed by atoms with Gasteiger partial charge in [0, 0.05) is 38.4 Å². The van der Waals surface area contributed by atoms with Crippen LogP contribution in [0.2, 0.25) is 10.0 Å². The maximum atomic E-state index is 12.8. The van der Waals surface area contributed by atoms with Crippen LogP contribution in [0.4, 0.5) is 5.82 Å². The van der Waals surface area contributed by atoms with Gasteiger partial charge < -0.3 is 5.32 Å². The second-order valence-corrected chi connectivity index (χ2v) is 9.68. The lowest BCUT2D eigenvalue weighted by molar-refractivity contribution is -0.116. The van der Waals surface area contributed by atoms with E-state index in [9.17, 15) is 4.79 Å². The molecule has 172 valence electrons. The van der Waals surface area contributed by atoms with Crippen molar-refractivity contribution in [3.8, 4) is 10.4 Å². The third-order valence-corrected chi connectivity index (χ3v) is 6.96. The van der Waals surface area contributed by atoms with Gasteiger partial charge in [-0.2, -0.15) is 10.2 Å². The number of hydrogen-bond donors (Lipinski definition) is 1. The summed E-state index contributed by atoms with van der Waals surface area (Å²) in [6, 6.07) is 13.2. The van der Waals surface area contributed by atoms with E-state index in [1.165, 1.54) is 0 Å². The molecule has 0 unspecified atom stereocenters. The lowest BCUT2D eigenvalue weighted by Gasteiger charge is -2.07. The van der Waals surface area contributed by atoms with Crippen LogP contribution in [0.3, 0.4) is 0 Å². The van der Waals surface area contributed by atoms with Crippen molar-refractivity contribution >= 4 is 57.3 Å². The van der Waals surface area contributed by atoms with Crippen LogP contribution in [0.5, 0.6) is 0 Å². The first-order valence-electron chi connectivity index (χ1n) is 10.5. The zero-order valence-corrected chi connectivity index (χ0v) is 20.7. The number of hydrogen-bond acceptors (Lipinski definition) is 5. The molecule has 0 aliphatic rings. The van der Waals surface area contributed by atoms with Gasteiger partial charge in [0.25, 0.3) is 0 Å². The second-order valence-electron chi connectivity index (χ2n) is 7.89. The van der Waals surface area contributed by atoms with Crippen LogP contribution in [-0.4, -0.2) is 30.5 Å². The molecule has 5 rings (SSSR count). The number of carbonyl (C=O) groups excluding carboxylic acids is 1. The number of benzene rings is 1. The molecule has 0 saturated carbocycles. The average molecular weight is 511 g/mol. The monoisotopic (exact) mass is 510 g/mol. The highest BCUT2D eigenvalue weighted by atomic mass is 35.5. The SMILES string of the molecule is Cc1nn(CC(=O)Nc2cc(C)n(Cc3ccc(Cl)cc3Cl)n2)c2nccc(-c3cccs3)c12. The molecule has 1 amide bonds. The van der Waals surface area contributed by atoms with Gasteiger partial charge in [0.05, 0.1) is 17.6 Å². The molecule has 1 N–H and O–H groups in total. The number of aryl methyl sites for hydroxylation is 2. The largest absolute Gasteiger partial charge is 0.308 e. The Morgan fingerprint density at radius 1 is 1.09 bits per heavy atom. The van der Waals surface area contributed by atoms with Crippen molar-refractivity contribution in [2.75, 3.05) is 5.32 Å². The summed E-state index contributed by atoms with van der Waals surface area (Å²) in [6.45, 7) is 4.35. The van der Waals surface area contributed by atoms with Crippen LogP contribution < -0.4 is 5.32 Å². The third kappa shape index (κ3) is 4.44. The maximum Gasteiger partial charge on any atom is 0.247 e. The van der Waals surface area contributed by atoms with Crippen LogP contribution in [0, 0.1) is 13.8 Å². The summed E-state index contributed by atoms with van der Waals surface area (Å²) in [7, 11) is 0. The summed E-state index contributed by atoms with van der Waals surface area (Å²) in [5, 5.41) is 16.1. The van der Waals surface area contributed by atoms with E-state index in [1.807, 2.05) is 43.5 Å². The Labute approximate surface area is 210 Å². The zero-order chi connectivity index (χ0) is 23.8. The molecule has 1 aromatic carbocycles. The number of anilines is 1. The van der Waals surface area contributed by atoms with Gasteiger partial charge in [-0.05, 0) is 49.1 Å². The van der Waals surface area contributed by atoms with Crippen molar-refractivity contribution in [3.05, 3.63) is 81.0 Å². The minimum absolute atomic E-state index is 0.0279. The van der Waals surface area contributed by atoms with Crippen LogP contribution in [0.25, 0.3) is 21.5 Å². The van der Waals surface area contributed by atoms with Gasteiger partial charge in [0.15, 0.2) is 11.5 Å². The van der Waals surface area contributed by atoms with Gasteiger partial charge in [0.1, 0.15) is 6.54 Å². The smallest absolute Gasteiger partial charge is 0.247 e. The van der Waals surface area contributed by atoms with Gasteiger partial charge in [0.2, 0.25) is 5.91 Å². The summed E-state index contributed by atoms with van der Waals surface area (Å²) in [5.74, 6) is 0.231. The van der Waals surface area contributed by atoms with Crippen LogP contribution in [0.1, 0.15) is 17.0 Å². The van der Waals surface area contributed by atoms with E-state index < -0.39 is 0 Å². The molecule has 0 atom stereocenters. The number of carbonyl (C=O) groups is 1. The standard InChI is InChI=1S/C24H20Cl2N6OS/c1-14-10-21(30-31(14)12-16-5-6-17(25)11-19(16)26)28-22(33)13-32-24-23(15(2)29-32)18(7-8-27-24)20-4-3-9-34-20/h3-11H,12-13H2,1-2H3,(H,28,30,33). The minimum Gasteiger partial charge on any atom is -0.308 e. The fourth-order valence-electron chi connectivity index (χ4n) is 3.89. The summed E-state index contributed by atoms with van der Waals surface area (Å²) >= 11 is 13.9. The molecule has 4 aromatic heterocycles. The molecule has 34 heavy (non-hydrogen) atoms. The molecule has 4 heterocycles. The van der Waals surface area contributed by atoms with E-state index in [0.717, 1.165) is 32.8 Å². The molecule has 7 nitrogen and oxygen atoms in total. The lowest BCUT2D eigenvalue weighted by atomic mass is 10.1. The molecular weight excluding hydrogens is 491 g/mol. The molecule has 0 aliphatic heterocycles. The number of aromatic nitrogens is 5. The van der Waals surface area contributed by atoms with Crippen LogP contribution in [0.15, 0.2) is 54.0 Å². The Bertz CT molecular complexity index is 1510. The molecule has 5 aromatic rings. The van der Waals surface area contributed by atoms with Gasteiger partial charge in [-0.3, -0.25) is 9.48 Å². The van der Waals surface area contributed by atoms with E-state index in [4.69, 9.17) is 23.2 Å². The summed E-state index contributed by atoms with van der Waals surface area (Å²) in [6.07, 6.45) is 1.75. The van der Waals surface area contributed by atoms with Crippen molar-refractivity contribution < 1.29 is 4.79 Å². The van der Waals surface area contributed by atoms with E-state index in [2.05, 4.69) is 26.6 Å². The van der Waals surface area contributed by atoms with E-state index in [-0.39, 0.29) is 12.5 Å². The van der Waals surface area contributed by atoms with Crippen molar-refractivity contribution in [3.63, 3.8) is 0 Å².